The summed E-state index contributed by atoms with van der Waals surface area (Å²) in [5, 5.41) is 8.93. The number of hydrogen-bond acceptors (Lipinski definition) is 2. The molecule has 0 radical (unpaired) electrons. The second kappa shape index (κ2) is 5.41. The van der Waals surface area contributed by atoms with Gasteiger partial charge in [0, 0.05) is 11.6 Å². The predicted octanol–water partition coefficient (Wildman–Crippen LogP) is 2.61. The summed E-state index contributed by atoms with van der Waals surface area (Å²) in [6.07, 6.45) is 4.29. The van der Waals surface area contributed by atoms with Gasteiger partial charge in [0.2, 0.25) is 0 Å². The molecule has 0 aliphatic carbocycles. The number of carbonyl (C=O) groups is 1. The number of nitrogens with two attached hydrogens (primary N) is 1. The molecule has 1 aromatic rings. The highest BCUT2D eigenvalue weighted by Crippen LogP contribution is 2.15. The fraction of sp³-hybridized carbons (Fsp3) is 0.182. The number of carboxylic acids is 1. The first-order valence-electron chi connectivity index (χ1n) is 4.50. The van der Waals surface area contributed by atoms with Crippen LogP contribution >= 0.6 is 11.6 Å². The van der Waals surface area contributed by atoms with Crippen LogP contribution in [0.1, 0.15) is 22.3 Å². The Kier molecular flexibility index (Phi) is 4.18. The van der Waals surface area contributed by atoms with Gasteiger partial charge in [-0.2, -0.15) is 0 Å². The fourth-order valence-corrected chi connectivity index (χ4v) is 1.30. The van der Waals surface area contributed by atoms with Crippen molar-refractivity contribution in [3.63, 3.8) is 0 Å². The zero-order valence-electron chi connectivity index (χ0n) is 8.11. The number of halogens is 1. The summed E-state index contributed by atoms with van der Waals surface area (Å²) >= 11 is 5.51. The first kappa shape index (κ1) is 11.6. The van der Waals surface area contributed by atoms with Crippen molar-refractivity contribution in [1.29, 1.82) is 0 Å². The molecule has 80 valence electrons. The molecule has 0 saturated heterocycles. The number of hydrogen-bond donors (Lipinski definition) is 2. The van der Waals surface area contributed by atoms with Crippen LogP contribution in [0.25, 0.3) is 6.08 Å². The number of anilines is 1. The molecule has 4 heteroatoms. The van der Waals surface area contributed by atoms with Crippen LogP contribution in [-0.4, -0.2) is 17.0 Å². The molecule has 0 heterocycles. The maximum absolute atomic E-state index is 10.9. The standard InChI is InChI=1S/C11H12ClNO2/c12-6-2-1-3-8-4-5-9(13)7-10(8)11(14)15/h1,3-5,7H,2,6,13H2,(H,14,15). The smallest absolute Gasteiger partial charge is 0.336 e. The molecule has 0 aliphatic heterocycles. The normalized spacial score (nSPS) is 10.7. The van der Waals surface area contributed by atoms with E-state index in [1.165, 1.54) is 6.07 Å². The minimum absolute atomic E-state index is 0.209. The highest BCUT2D eigenvalue weighted by Gasteiger charge is 2.07. The lowest BCUT2D eigenvalue weighted by Crippen LogP contribution is -2.00. The zero-order chi connectivity index (χ0) is 11.3. The van der Waals surface area contributed by atoms with Crippen molar-refractivity contribution >= 4 is 29.3 Å². The van der Waals surface area contributed by atoms with Crippen LogP contribution in [0.2, 0.25) is 0 Å². The van der Waals surface area contributed by atoms with Crippen molar-refractivity contribution < 1.29 is 9.90 Å². The molecule has 1 aromatic carbocycles. The minimum atomic E-state index is -0.979. The molecule has 0 unspecified atom stereocenters. The average Bonchev–Trinajstić information content (AvgIpc) is 2.20. The maximum atomic E-state index is 10.9. The Morgan fingerprint density at radius 2 is 2.27 bits per heavy atom. The highest BCUT2D eigenvalue weighted by atomic mass is 35.5. The highest BCUT2D eigenvalue weighted by molar-refractivity contribution is 6.17. The molecule has 1 rings (SSSR count). The van der Waals surface area contributed by atoms with E-state index in [-0.39, 0.29) is 5.56 Å². The number of allylic oxidation sites excluding steroid dienone is 1. The Balaban J connectivity index is 3.01. The molecule has 0 saturated carbocycles. The lowest BCUT2D eigenvalue weighted by atomic mass is 10.1. The average molecular weight is 226 g/mol. The van der Waals surface area contributed by atoms with E-state index in [9.17, 15) is 4.79 Å². The summed E-state index contributed by atoms with van der Waals surface area (Å²) in [5.41, 5.74) is 6.81. The third kappa shape index (κ3) is 3.29. The van der Waals surface area contributed by atoms with Gasteiger partial charge in [-0.3, -0.25) is 0 Å². The summed E-state index contributed by atoms with van der Waals surface area (Å²) in [6, 6.07) is 4.80. The van der Waals surface area contributed by atoms with E-state index in [1.807, 2.05) is 6.08 Å². The Labute approximate surface area is 93.2 Å². The van der Waals surface area contributed by atoms with Crippen LogP contribution in [-0.2, 0) is 0 Å². The Morgan fingerprint density at radius 1 is 1.53 bits per heavy atom. The van der Waals surface area contributed by atoms with Crippen molar-refractivity contribution in [2.45, 2.75) is 6.42 Å². The summed E-state index contributed by atoms with van der Waals surface area (Å²) in [5.74, 6) is -0.457. The molecule has 0 atom stereocenters. The largest absolute Gasteiger partial charge is 0.478 e. The van der Waals surface area contributed by atoms with Gasteiger partial charge in [-0.15, -0.1) is 11.6 Å². The van der Waals surface area contributed by atoms with Crippen LogP contribution < -0.4 is 5.73 Å². The molecular weight excluding hydrogens is 214 g/mol. The monoisotopic (exact) mass is 225 g/mol. The van der Waals surface area contributed by atoms with E-state index in [1.54, 1.807) is 18.2 Å². The number of rotatable bonds is 4. The molecule has 0 bridgehead atoms. The maximum Gasteiger partial charge on any atom is 0.336 e. The molecule has 0 spiro atoms. The number of benzene rings is 1. The van der Waals surface area contributed by atoms with Gasteiger partial charge in [0.15, 0.2) is 0 Å². The van der Waals surface area contributed by atoms with E-state index in [4.69, 9.17) is 22.4 Å². The molecule has 0 fully saturated rings. The first-order valence-corrected chi connectivity index (χ1v) is 5.04. The second-order valence-corrected chi connectivity index (χ2v) is 3.41. The molecule has 3 nitrogen and oxygen atoms in total. The van der Waals surface area contributed by atoms with Crippen molar-refractivity contribution in [2.75, 3.05) is 11.6 Å². The lowest BCUT2D eigenvalue weighted by Gasteiger charge is -2.02. The van der Waals surface area contributed by atoms with Gasteiger partial charge in [-0.25, -0.2) is 4.79 Å². The van der Waals surface area contributed by atoms with Gasteiger partial charge in [0.1, 0.15) is 0 Å². The zero-order valence-corrected chi connectivity index (χ0v) is 8.87. The number of nitrogen functional groups attached to an aromatic ring is 1. The quantitative estimate of drug-likeness (QED) is 0.612. The molecule has 0 aromatic heterocycles. The third-order valence-electron chi connectivity index (χ3n) is 1.88. The molecule has 0 aliphatic rings. The molecule has 3 N–H and O–H groups in total. The first-order chi connectivity index (χ1) is 7.15. The Morgan fingerprint density at radius 3 is 2.87 bits per heavy atom. The summed E-state index contributed by atoms with van der Waals surface area (Å²) in [4.78, 5) is 10.9. The van der Waals surface area contributed by atoms with Crippen LogP contribution in [0.15, 0.2) is 24.3 Å². The lowest BCUT2D eigenvalue weighted by molar-refractivity contribution is 0.0696. The van der Waals surface area contributed by atoms with Gasteiger partial charge in [0.25, 0.3) is 0 Å². The van der Waals surface area contributed by atoms with E-state index in [2.05, 4.69) is 0 Å². The van der Waals surface area contributed by atoms with Crippen molar-refractivity contribution in [3.05, 3.63) is 35.4 Å². The number of aromatic carboxylic acids is 1. The molecule has 0 amide bonds. The Hall–Kier alpha value is -1.48. The third-order valence-corrected chi connectivity index (χ3v) is 2.10. The number of alkyl halides is 1. The second-order valence-electron chi connectivity index (χ2n) is 3.03. The van der Waals surface area contributed by atoms with E-state index >= 15 is 0 Å². The van der Waals surface area contributed by atoms with Crippen molar-refractivity contribution in [2.24, 2.45) is 0 Å². The Bertz CT molecular complexity index is 388. The summed E-state index contributed by atoms with van der Waals surface area (Å²) in [6.45, 7) is 0. The van der Waals surface area contributed by atoms with Gasteiger partial charge >= 0.3 is 5.97 Å². The van der Waals surface area contributed by atoms with Crippen molar-refractivity contribution in [3.8, 4) is 0 Å². The molecule has 15 heavy (non-hydrogen) atoms. The topological polar surface area (TPSA) is 63.3 Å². The van der Waals surface area contributed by atoms with Gasteiger partial charge in [0.05, 0.1) is 5.56 Å². The molecular formula is C11H12ClNO2. The van der Waals surface area contributed by atoms with Crippen LogP contribution in [0.5, 0.6) is 0 Å². The van der Waals surface area contributed by atoms with Gasteiger partial charge in [-0.1, -0.05) is 18.2 Å². The van der Waals surface area contributed by atoms with E-state index in [0.717, 1.165) is 0 Å². The van der Waals surface area contributed by atoms with E-state index in [0.29, 0.717) is 23.6 Å². The SMILES string of the molecule is Nc1ccc(C=CCCCl)c(C(=O)O)c1. The van der Waals surface area contributed by atoms with Crippen molar-refractivity contribution in [1.82, 2.24) is 0 Å². The minimum Gasteiger partial charge on any atom is -0.478 e. The van der Waals surface area contributed by atoms with Crippen LogP contribution in [0, 0.1) is 0 Å². The van der Waals surface area contributed by atoms with Gasteiger partial charge < -0.3 is 10.8 Å². The van der Waals surface area contributed by atoms with Gasteiger partial charge in [-0.05, 0) is 24.1 Å². The summed E-state index contributed by atoms with van der Waals surface area (Å²) in [7, 11) is 0. The summed E-state index contributed by atoms with van der Waals surface area (Å²) < 4.78 is 0. The van der Waals surface area contributed by atoms with E-state index < -0.39 is 5.97 Å². The van der Waals surface area contributed by atoms with Crippen LogP contribution in [0.4, 0.5) is 5.69 Å². The number of carboxylic acid groups (broad SMARTS) is 1. The fourth-order valence-electron chi connectivity index (χ4n) is 1.18. The predicted molar refractivity (Wildman–Crippen MR) is 62.2 cm³/mol. The van der Waals surface area contributed by atoms with Crippen LogP contribution in [0.3, 0.4) is 0 Å².